The van der Waals surface area contributed by atoms with Gasteiger partial charge in [-0.3, -0.25) is 4.79 Å². The second kappa shape index (κ2) is 8.64. The zero-order valence-corrected chi connectivity index (χ0v) is 18.3. The van der Waals surface area contributed by atoms with Gasteiger partial charge in [0.15, 0.2) is 10.8 Å². The van der Waals surface area contributed by atoms with Crippen LogP contribution in [-0.4, -0.2) is 52.9 Å². The second-order valence-electron chi connectivity index (χ2n) is 7.04. The van der Waals surface area contributed by atoms with Crippen molar-refractivity contribution in [2.45, 2.75) is 25.8 Å². The molecular weight excluding hydrogens is 406 g/mol. The highest BCUT2D eigenvalue weighted by Gasteiger charge is 2.19. The Bertz CT molecular complexity index is 1020. The zero-order chi connectivity index (χ0) is 20.4. The zero-order valence-electron chi connectivity index (χ0n) is 16.7. The molecule has 1 fully saturated rings. The van der Waals surface area contributed by atoms with Crippen LogP contribution in [0.5, 0.6) is 0 Å². The molecule has 0 saturated carbocycles. The number of amides is 1. The highest BCUT2D eigenvalue weighted by Crippen LogP contribution is 2.34. The average Bonchev–Trinajstić information content (AvgIpc) is 3.15. The number of rotatable bonds is 5. The van der Waals surface area contributed by atoms with Gasteiger partial charge in [0.05, 0.1) is 19.0 Å². The summed E-state index contributed by atoms with van der Waals surface area (Å²) >= 11 is 2.99. The van der Waals surface area contributed by atoms with Crippen LogP contribution in [0.4, 0.5) is 10.8 Å². The Labute approximate surface area is 177 Å². The first kappa shape index (κ1) is 20.1. The van der Waals surface area contributed by atoms with Gasteiger partial charge in [0.1, 0.15) is 16.1 Å². The maximum atomic E-state index is 12.6. The van der Waals surface area contributed by atoms with Crippen LogP contribution in [0.1, 0.15) is 16.7 Å². The second-order valence-corrected chi connectivity index (χ2v) is 8.98. The standard InChI is InChI=1S/C20H23N5O2S2/c1-12-8-13(2)16(14(3)9-12)23-15(26)10-28-19-17-18(21-11-22-19)24-20(29-17)25-4-6-27-7-5-25/h8-9,11H,4-7,10H2,1-3H3,(H,23,26). The van der Waals surface area contributed by atoms with Crippen molar-refractivity contribution < 1.29 is 9.53 Å². The Balaban J connectivity index is 1.47. The number of fused-ring (bicyclic) bond motifs is 1. The number of carbonyl (C=O) groups excluding carboxylic acids is 1. The number of anilines is 2. The van der Waals surface area contributed by atoms with Gasteiger partial charge in [0.2, 0.25) is 5.91 Å². The van der Waals surface area contributed by atoms with Crippen LogP contribution in [0.15, 0.2) is 23.5 Å². The molecule has 0 bridgehead atoms. The van der Waals surface area contributed by atoms with E-state index in [1.807, 2.05) is 13.8 Å². The number of nitrogens with one attached hydrogen (secondary N) is 1. The van der Waals surface area contributed by atoms with Crippen LogP contribution in [0, 0.1) is 20.8 Å². The quantitative estimate of drug-likeness (QED) is 0.490. The number of thiazole rings is 1. The van der Waals surface area contributed by atoms with Crippen LogP contribution in [0.2, 0.25) is 0 Å². The fraction of sp³-hybridized carbons (Fsp3) is 0.400. The van der Waals surface area contributed by atoms with Gasteiger partial charge in [-0.15, -0.1) is 0 Å². The molecule has 1 amide bonds. The van der Waals surface area contributed by atoms with Crippen LogP contribution >= 0.6 is 23.1 Å². The molecule has 0 unspecified atom stereocenters. The highest BCUT2D eigenvalue weighted by atomic mass is 32.2. The van der Waals surface area contributed by atoms with Gasteiger partial charge in [0.25, 0.3) is 0 Å². The van der Waals surface area contributed by atoms with Crippen LogP contribution in [0.3, 0.4) is 0 Å². The molecule has 1 aliphatic rings. The monoisotopic (exact) mass is 429 g/mol. The number of ether oxygens (including phenoxy) is 1. The molecule has 1 aliphatic heterocycles. The number of nitrogens with zero attached hydrogens (tertiary/aromatic N) is 4. The minimum atomic E-state index is -0.0465. The Kier molecular flexibility index (Phi) is 5.98. The topological polar surface area (TPSA) is 80.2 Å². The summed E-state index contributed by atoms with van der Waals surface area (Å²) in [6.07, 6.45) is 1.51. The van der Waals surface area contributed by atoms with E-state index in [1.54, 1.807) is 11.3 Å². The third-order valence-corrected chi connectivity index (χ3v) is 6.94. The average molecular weight is 430 g/mol. The first-order valence-electron chi connectivity index (χ1n) is 9.46. The minimum Gasteiger partial charge on any atom is -0.378 e. The number of hydrogen-bond acceptors (Lipinski definition) is 8. The van der Waals surface area contributed by atoms with Crippen molar-refractivity contribution in [2.24, 2.45) is 0 Å². The molecule has 3 aromatic rings. The number of benzene rings is 1. The summed E-state index contributed by atoms with van der Waals surface area (Å²) < 4.78 is 6.34. The summed E-state index contributed by atoms with van der Waals surface area (Å²) in [6.45, 7) is 9.16. The van der Waals surface area contributed by atoms with E-state index in [2.05, 4.69) is 44.2 Å². The van der Waals surface area contributed by atoms with E-state index in [9.17, 15) is 4.79 Å². The van der Waals surface area contributed by atoms with E-state index in [1.165, 1.54) is 23.7 Å². The summed E-state index contributed by atoms with van der Waals surface area (Å²) in [5, 5.41) is 4.77. The molecule has 0 radical (unpaired) electrons. The fourth-order valence-corrected chi connectivity index (χ4v) is 5.34. The van der Waals surface area contributed by atoms with Crippen LogP contribution < -0.4 is 10.2 Å². The summed E-state index contributed by atoms with van der Waals surface area (Å²) in [5.41, 5.74) is 4.91. The van der Waals surface area contributed by atoms with Crippen molar-refractivity contribution in [3.8, 4) is 0 Å². The van der Waals surface area contributed by atoms with Crippen molar-refractivity contribution in [2.75, 3.05) is 42.3 Å². The fourth-order valence-electron chi connectivity index (χ4n) is 3.40. The predicted molar refractivity (Wildman–Crippen MR) is 118 cm³/mol. The minimum absolute atomic E-state index is 0.0465. The molecule has 1 N–H and O–H groups in total. The first-order chi connectivity index (χ1) is 14.0. The molecule has 152 valence electrons. The molecular formula is C20H23N5O2S2. The van der Waals surface area contributed by atoms with Gasteiger partial charge in [-0.2, -0.15) is 4.98 Å². The maximum Gasteiger partial charge on any atom is 0.234 e. The smallest absolute Gasteiger partial charge is 0.234 e. The Hall–Kier alpha value is -2.23. The Morgan fingerprint density at radius 1 is 1.21 bits per heavy atom. The number of carbonyl (C=O) groups is 1. The van der Waals surface area contributed by atoms with E-state index in [-0.39, 0.29) is 11.7 Å². The van der Waals surface area contributed by atoms with Gasteiger partial charge < -0.3 is 15.0 Å². The molecule has 3 heterocycles. The number of aryl methyl sites for hydroxylation is 3. The van der Waals surface area contributed by atoms with Crippen LogP contribution in [0.25, 0.3) is 10.3 Å². The molecule has 7 nitrogen and oxygen atoms in total. The molecule has 0 spiro atoms. The lowest BCUT2D eigenvalue weighted by Gasteiger charge is -2.25. The van der Waals surface area contributed by atoms with Crippen molar-refractivity contribution >= 4 is 50.2 Å². The van der Waals surface area contributed by atoms with Crippen molar-refractivity contribution in [3.63, 3.8) is 0 Å². The molecule has 1 aromatic carbocycles. The molecule has 4 rings (SSSR count). The molecule has 9 heteroatoms. The van der Waals surface area contributed by atoms with Crippen molar-refractivity contribution in [1.82, 2.24) is 15.0 Å². The van der Waals surface area contributed by atoms with E-state index in [0.29, 0.717) is 18.9 Å². The van der Waals surface area contributed by atoms with Crippen LogP contribution in [-0.2, 0) is 9.53 Å². The van der Waals surface area contributed by atoms with E-state index in [4.69, 9.17) is 4.74 Å². The molecule has 29 heavy (non-hydrogen) atoms. The van der Waals surface area contributed by atoms with E-state index >= 15 is 0 Å². The number of hydrogen-bond donors (Lipinski definition) is 1. The van der Waals surface area contributed by atoms with Gasteiger partial charge in [0, 0.05) is 18.8 Å². The SMILES string of the molecule is Cc1cc(C)c(NC(=O)CSc2ncnc3nc(N4CCOCC4)sc23)c(C)c1. The normalized spacial score (nSPS) is 14.4. The lowest BCUT2D eigenvalue weighted by Crippen LogP contribution is -2.36. The predicted octanol–water partition coefficient (Wildman–Crippen LogP) is 3.58. The van der Waals surface area contributed by atoms with Gasteiger partial charge >= 0.3 is 0 Å². The number of thioether (sulfide) groups is 1. The van der Waals surface area contributed by atoms with Gasteiger partial charge in [-0.25, -0.2) is 9.97 Å². The molecule has 1 saturated heterocycles. The number of aromatic nitrogens is 3. The van der Waals surface area contributed by atoms with Gasteiger partial charge in [-0.05, 0) is 31.9 Å². The third-order valence-electron chi connectivity index (χ3n) is 4.71. The van der Waals surface area contributed by atoms with Gasteiger partial charge in [-0.1, -0.05) is 40.8 Å². The molecule has 2 aromatic heterocycles. The molecule has 0 aliphatic carbocycles. The largest absolute Gasteiger partial charge is 0.378 e. The molecule has 0 atom stereocenters. The summed E-state index contributed by atoms with van der Waals surface area (Å²) in [5.74, 6) is 0.235. The third kappa shape index (κ3) is 4.52. The lowest BCUT2D eigenvalue weighted by molar-refractivity contribution is -0.113. The Morgan fingerprint density at radius 3 is 2.66 bits per heavy atom. The maximum absolute atomic E-state index is 12.6. The Morgan fingerprint density at radius 2 is 1.93 bits per heavy atom. The lowest BCUT2D eigenvalue weighted by atomic mass is 10.1. The van der Waals surface area contributed by atoms with E-state index < -0.39 is 0 Å². The number of morpholine rings is 1. The van der Waals surface area contributed by atoms with Crippen molar-refractivity contribution in [1.29, 1.82) is 0 Å². The summed E-state index contributed by atoms with van der Waals surface area (Å²) in [4.78, 5) is 28.1. The van der Waals surface area contributed by atoms with E-state index in [0.717, 1.165) is 44.8 Å². The van der Waals surface area contributed by atoms with Crippen molar-refractivity contribution in [3.05, 3.63) is 35.2 Å². The highest BCUT2D eigenvalue weighted by molar-refractivity contribution is 8.00. The first-order valence-corrected chi connectivity index (χ1v) is 11.3. The summed E-state index contributed by atoms with van der Waals surface area (Å²) in [6, 6.07) is 4.16. The summed E-state index contributed by atoms with van der Waals surface area (Å²) in [7, 11) is 0.